The number of rotatable bonds is 1. The van der Waals surface area contributed by atoms with Gasteiger partial charge in [-0.1, -0.05) is 0 Å². The van der Waals surface area contributed by atoms with E-state index in [1.54, 1.807) is 0 Å². The highest BCUT2D eigenvalue weighted by molar-refractivity contribution is 5.71. The molecule has 7 heteroatoms. The van der Waals surface area contributed by atoms with Crippen LogP contribution in [0.3, 0.4) is 0 Å². The van der Waals surface area contributed by atoms with E-state index in [4.69, 9.17) is 20.4 Å². The van der Waals surface area contributed by atoms with Crippen molar-refractivity contribution >= 4 is 5.97 Å². The fourth-order valence-electron chi connectivity index (χ4n) is 1.06. The minimum Gasteiger partial charge on any atom is -0.547 e. The van der Waals surface area contributed by atoms with E-state index in [0.717, 1.165) is 0 Å². The Labute approximate surface area is 72.8 Å². The Hall–Kier alpha value is -0.730. The Morgan fingerprint density at radius 1 is 1.08 bits per heavy atom. The number of carbonyl (C=O) groups is 1. The van der Waals surface area contributed by atoms with E-state index in [2.05, 4.69) is 4.74 Å². The smallest absolute Gasteiger partial charge is 0.184 e. The van der Waals surface area contributed by atoms with Crippen LogP contribution in [0.15, 0.2) is 0 Å². The molecule has 0 radical (unpaired) electrons. The van der Waals surface area contributed by atoms with Gasteiger partial charge in [0.1, 0.15) is 24.4 Å². The van der Waals surface area contributed by atoms with Crippen molar-refractivity contribution in [1.82, 2.24) is 0 Å². The van der Waals surface area contributed by atoms with Crippen LogP contribution in [0, 0.1) is 0 Å². The predicted molar refractivity (Wildman–Crippen MR) is 33.9 cm³/mol. The summed E-state index contributed by atoms with van der Waals surface area (Å²) in [5, 5.41) is 46.1. The van der Waals surface area contributed by atoms with Gasteiger partial charge in [0.15, 0.2) is 6.29 Å². The minimum atomic E-state index is -1.85. The van der Waals surface area contributed by atoms with E-state index in [-0.39, 0.29) is 0 Å². The van der Waals surface area contributed by atoms with Crippen LogP contribution in [0.25, 0.3) is 0 Å². The highest BCUT2D eigenvalue weighted by Crippen LogP contribution is 2.19. The van der Waals surface area contributed by atoms with E-state index in [1.807, 2.05) is 0 Å². The summed E-state index contributed by atoms with van der Waals surface area (Å²) in [7, 11) is 0. The third-order valence-corrected chi connectivity index (χ3v) is 1.82. The van der Waals surface area contributed by atoms with E-state index in [1.165, 1.54) is 0 Å². The molecule has 4 N–H and O–H groups in total. The Kier molecular flexibility index (Phi) is 2.84. The lowest BCUT2D eigenvalue weighted by Crippen LogP contribution is -2.62. The van der Waals surface area contributed by atoms with Gasteiger partial charge in [-0.15, -0.1) is 0 Å². The van der Waals surface area contributed by atoms with Gasteiger partial charge in [-0.05, 0) is 0 Å². The lowest BCUT2D eigenvalue weighted by Gasteiger charge is -2.38. The summed E-state index contributed by atoms with van der Waals surface area (Å²) in [4.78, 5) is 10.3. The average Bonchev–Trinajstić information content (AvgIpc) is 2.07. The first-order valence-corrected chi connectivity index (χ1v) is 3.53. The molecule has 1 saturated heterocycles. The van der Waals surface area contributed by atoms with Gasteiger partial charge in [-0.3, -0.25) is 0 Å². The van der Waals surface area contributed by atoms with Crippen LogP contribution in [0.2, 0.25) is 0 Å². The summed E-state index contributed by atoms with van der Waals surface area (Å²) >= 11 is 0. The van der Waals surface area contributed by atoms with E-state index < -0.39 is 36.7 Å². The number of ether oxygens (including phenoxy) is 1. The Bertz CT molecular complexity index is 205. The monoisotopic (exact) mass is 193 g/mol. The zero-order chi connectivity index (χ0) is 10.2. The molecule has 1 rings (SSSR count). The molecular formula is C6H9O7-. The fourth-order valence-corrected chi connectivity index (χ4v) is 1.06. The third kappa shape index (κ3) is 1.79. The van der Waals surface area contributed by atoms with Crippen molar-refractivity contribution < 1.29 is 35.1 Å². The van der Waals surface area contributed by atoms with Crippen molar-refractivity contribution in [1.29, 1.82) is 0 Å². The van der Waals surface area contributed by atoms with Crippen molar-refractivity contribution in [2.24, 2.45) is 0 Å². The van der Waals surface area contributed by atoms with Gasteiger partial charge in [0.2, 0.25) is 0 Å². The van der Waals surface area contributed by atoms with Crippen molar-refractivity contribution in [2.75, 3.05) is 0 Å². The predicted octanol–water partition coefficient (Wildman–Crippen LogP) is -4.46. The number of carboxylic acids is 1. The highest BCUT2D eigenvalue weighted by atomic mass is 16.6. The van der Waals surface area contributed by atoms with Crippen LogP contribution in [-0.2, 0) is 9.53 Å². The highest BCUT2D eigenvalue weighted by Gasteiger charge is 2.43. The number of aliphatic carboxylic acids is 1. The van der Waals surface area contributed by atoms with Crippen molar-refractivity contribution in [3.63, 3.8) is 0 Å². The standard InChI is InChI=1S/C6H10O7/c7-1-2(8)4(5(10)11)13-6(12)3(1)9/h1-4,6-9,12H,(H,10,11)/p-1/t1-,2-,3+,4+,6+/m1/s1. The Balaban J connectivity index is 2.76. The molecule has 1 aliphatic rings. The molecule has 0 aromatic carbocycles. The first-order valence-electron chi connectivity index (χ1n) is 3.53. The maximum absolute atomic E-state index is 10.3. The lowest BCUT2D eigenvalue weighted by atomic mass is 9.99. The number of hydrogen-bond acceptors (Lipinski definition) is 7. The summed E-state index contributed by atoms with van der Waals surface area (Å²) in [6.45, 7) is 0. The van der Waals surface area contributed by atoms with Gasteiger partial charge in [0, 0.05) is 0 Å². The summed E-state index contributed by atoms with van der Waals surface area (Å²) in [6.07, 6.45) is -9.00. The Morgan fingerprint density at radius 3 is 2.08 bits per heavy atom. The van der Waals surface area contributed by atoms with Crippen molar-refractivity contribution in [3.05, 3.63) is 0 Å². The van der Waals surface area contributed by atoms with E-state index in [0.29, 0.717) is 0 Å². The molecule has 0 bridgehead atoms. The SMILES string of the molecule is O=C([O-])[C@H]1O[C@H](O)[C@@H](O)[C@H](O)[C@H]1O. The molecule has 1 aliphatic heterocycles. The first kappa shape index (κ1) is 10.4. The number of carbonyl (C=O) groups excluding carboxylic acids is 1. The number of hydrogen-bond donors (Lipinski definition) is 4. The average molecular weight is 193 g/mol. The number of aliphatic hydroxyl groups excluding tert-OH is 4. The molecule has 7 nitrogen and oxygen atoms in total. The second-order valence-corrected chi connectivity index (χ2v) is 2.74. The molecule has 0 unspecified atom stereocenters. The third-order valence-electron chi connectivity index (χ3n) is 1.82. The van der Waals surface area contributed by atoms with E-state index in [9.17, 15) is 9.90 Å². The van der Waals surface area contributed by atoms with Crippen LogP contribution in [0.1, 0.15) is 0 Å². The van der Waals surface area contributed by atoms with Crippen LogP contribution in [0.4, 0.5) is 0 Å². The zero-order valence-corrected chi connectivity index (χ0v) is 6.40. The molecule has 0 amide bonds. The van der Waals surface area contributed by atoms with Gasteiger partial charge in [-0.2, -0.15) is 0 Å². The summed E-state index contributed by atoms with van der Waals surface area (Å²) in [5.74, 6) is -1.77. The maximum Gasteiger partial charge on any atom is 0.184 e. The fraction of sp³-hybridized carbons (Fsp3) is 0.833. The molecule has 5 atom stereocenters. The molecule has 0 spiro atoms. The molecule has 1 heterocycles. The van der Waals surface area contributed by atoms with Gasteiger partial charge < -0.3 is 35.1 Å². The minimum absolute atomic E-state index is 1.73. The van der Waals surface area contributed by atoms with Crippen molar-refractivity contribution in [3.8, 4) is 0 Å². The van der Waals surface area contributed by atoms with Gasteiger partial charge in [-0.25, -0.2) is 0 Å². The summed E-state index contributed by atoms with van der Waals surface area (Å²) in [6, 6.07) is 0. The number of aliphatic hydroxyl groups is 4. The Morgan fingerprint density at radius 2 is 1.62 bits per heavy atom. The molecule has 0 aromatic heterocycles. The van der Waals surface area contributed by atoms with Crippen molar-refractivity contribution in [2.45, 2.75) is 30.7 Å². The zero-order valence-electron chi connectivity index (χ0n) is 6.40. The molecule has 1 fully saturated rings. The lowest BCUT2D eigenvalue weighted by molar-refractivity contribution is -0.345. The van der Waals surface area contributed by atoms with Crippen LogP contribution in [-0.4, -0.2) is 57.1 Å². The maximum atomic E-state index is 10.3. The van der Waals surface area contributed by atoms with Crippen LogP contribution in [0.5, 0.6) is 0 Å². The largest absolute Gasteiger partial charge is 0.547 e. The van der Waals surface area contributed by atoms with Gasteiger partial charge in [0.05, 0.1) is 5.97 Å². The van der Waals surface area contributed by atoms with E-state index >= 15 is 0 Å². The molecule has 0 aliphatic carbocycles. The summed E-state index contributed by atoms with van der Waals surface area (Å²) < 4.78 is 4.28. The second kappa shape index (κ2) is 3.56. The van der Waals surface area contributed by atoms with Gasteiger partial charge >= 0.3 is 0 Å². The quantitative estimate of drug-likeness (QED) is 0.330. The van der Waals surface area contributed by atoms with Gasteiger partial charge in [0.25, 0.3) is 0 Å². The normalized spacial score (nSPS) is 46.0. The second-order valence-electron chi connectivity index (χ2n) is 2.74. The number of carboxylic acid groups (broad SMARTS) is 1. The van der Waals surface area contributed by atoms with Crippen LogP contribution < -0.4 is 5.11 Å². The molecule has 0 saturated carbocycles. The van der Waals surface area contributed by atoms with Crippen LogP contribution >= 0.6 is 0 Å². The molecule has 0 aromatic rings. The first-order chi connectivity index (χ1) is 5.95. The molecule has 13 heavy (non-hydrogen) atoms. The molecular weight excluding hydrogens is 184 g/mol. The topological polar surface area (TPSA) is 130 Å². The summed E-state index contributed by atoms with van der Waals surface area (Å²) in [5.41, 5.74) is 0. The molecule has 76 valence electrons.